The van der Waals surface area contributed by atoms with Crippen LogP contribution in [0.15, 0.2) is 46.7 Å². The van der Waals surface area contributed by atoms with Crippen molar-refractivity contribution >= 4 is 38.3 Å². The van der Waals surface area contributed by atoms with Crippen molar-refractivity contribution in [2.24, 2.45) is 0 Å². The third kappa shape index (κ3) is 4.70. The van der Waals surface area contributed by atoms with Gasteiger partial charge in [0.15, 0.2) is 5.82 Å². The van der Waals surface area contributed by atoms with Crippen molar-refractivity contribution in [2.45, 2.75) is 12.3 Å². The number of rotatable bonds is 3. The molecule has 12 heteroatoms. The first-order valence-corrected chi connectivity index (χ1v) is 10.1. The fourth-order valence-corrected chi connectivity index (χ4v) is 3.59. The van der Waals surface area contributed by atoms with Crippen LogP contribution in [0, 0.1) is 0 Å². The Morgan fingerprint density at radius 2 is 1.97 bits per heavy atom. The Balaban J connectivity index is 0.000000307. The summed E-state index contributed by atoms with van der Waals surface area (Å²) in [5.74, 6) is -1.59. The topological polar surface area (TPSA) is 117 Å². The van der Waals surface area contributed by atoms with E-state index in [1.165, 1.54) is 0 Å². The zero-order valence-electron chi connectivity index (χ0n) is 16.1. The molecule has 8 nitrogen and oxygen atoms in total. The van der Waals surface area contributed by atoms with E-state index in [1.807, 2.05) is 35.8 Å². The Kier molecular flexibility index (Phi) is 5.80. The van der Waals surface area contributed by atoms with Gasteiger partial charge in [-0.05, 0) is 41.1 Å². The number of hydrogen-bond donors (Lipinski definition) is 3. The van der Waals surface area contributed by atoms with Gasteiger partial charge in [-0.15, -0.1) is 11.3 Å². The van der Waals surface area contributed by atoms with Crippen LogP contribution in [0.2, 0.25) is 0 Å². The van der Waals surface area contributed by atoms with Gasteiger partial charge in [-0.1, -0.05) is 0 Å². The molecular weight excluding hydrogens is 449 g/mol. The van der Waals surface area contributed by atoms with Crippen LogP contribution in [0.5, 0.6) is 5.75 Å². The SMILES string of the molecule is O=C(O)C(F)(F)F.O=c1[nH]c(-c2cc3ccsc3cn2)nc2ccc(OC3CNC3)cc12. The lowest BCUT2D eigenvalue weighted by atomic mass is 10.2. The van der Waals surface area contributed by atoms with Crippen molar-refractivity contribution in [3.05, 3.63) is 52.3 Å². The van der Waals surface area contributed by atoms with E-state index in [0.29, 0.717) is 28.2 Å². The molecule has 1 aromatic carbocycles. The van der Waals surface area contributed by atoms with Crippen molar-refractivity contribution in [3.8, 4) is 17.3 Å². The number of halogens is 3. The number of nitrogens with zero attached hydrogens (tertiary/aromatic N) is 2. The van der Waals surface area contributed by atoms with Gasteiger partial charge in [0.25, 0.3) is 5.56 Å². The van der Waals surface area contributed by atoms with Gasteiger partial charge in [0.2, 0.25) is 0 Å². The highest BCUT2D eigenvalue weighted by Gasteiger charge is 2.38. The zero-order chi connectivity index (χ0) is 22.9. The van der Waals surface area contributed by atoms with Crippen molar-refractivity contribution in [2.75, 3.05) is 13.1 Å². The van der Waals surface area contributed by atoms with Crippen molar-refractivity contribution in [1.29, 1.82) is 0 Å². The lowest BCUT2D eigenvalue weighted by Crippen LogP contribution is -2.50. The van der Waals surface area contributed by atoms with E-state index in [-0.39, 0.29) is 11.7 Å². The van der Waals surface area contributed by atoms with Gasteiger partial charge < -0.3 is 20.1 Å². The molecule has 0 atom stereocenters. The van der Waals surface area contributed by atoms with Gasteiger partial charge in [0, 0.05) is 19.3 Å². The largest absolute Gasteiger partial charge is 0.490 e. The first kappa shape index (κ1) is 21.7. The summed E-state index contributed by atoms with van der Waals surface area (Å²) in [4.78, 5) is 33.2. The van der Waals surface area contributed by atoms with Gasteiger partial charge in [-0.2, -0.15) is 13.2 Å². The lowest BCUT2D eigenvalue weighted by Gasteiger charge is -2.27. The summed E-state index contributed by atoms with van der Waals surface area (Å²) >= 11 is 1.64. The van der Waals surface area contributed by atoms with Crippen LogP contribution < -0.4 is 15.6 Å². The molecule has 1 fully saturated rings. The van der Waals surface area contributed by atoms with Gasteiger partial charge in [0.05, 0.1) is 15.6 Å². The number of carboxylic acids is 1. The van der Waals surface area contributed by atoms with Gasteiger partial charge in [0.1, 0.15) is 17.5 Å². The second kappa shape index (κ2) is 8.55. The van der Waals surface area contributed by atoms with Crippen LogP contribution in [-0.4, -0.2) is 51.4 Å². The minimum Gasteiger partial charge on any atom is -0.488 e. The number of carboxylic acid groups (broad SMARTS) is 1. The number of hydrogen-bond acceptors (Lipinski definition) is 7. The average Bonchev–Trinajstić information content (AvgIpc) is 3.18. The molecule has 3 aromatic heterocycles. The number of fused-ring (bicyclic) bond motifs is 2. The minimum atomic E-state index is -5.08. The standard InChI is InChI=1S/C18H14N4O2S.C2HF3O2/c23-18-13-6-11(24-12-7-19-8-12)1-2-14(13)21-17(22-18)15-5-10-3-4-25-16(10)9-20-15;3-2(4,5)1(6)7/h1-6,9,12,19H,7-8H2,(H,21,22,23);(H,6,7). The molecule has 4 heterocycles. The van der Waals surface area contributed by atoms with E-state index in [9.17, 15) is 18.0 Å². The van der Waals surface area contributed by atoms with E-state index in [0.717, 1.165) is 23.2 Å². The Hall–Kier alpha value is -3.51. The molecule has 0 amide bonds. The molecule has 0 unspecified atom stereocenters. The third-order valence-corrected chi connectivity index (χ3v) is 5.42. The van der Waals surface area contributed by atoms with Gasteiger partial charge in [-0.25, -0.2) is 9.78 Å². The monoisotopic (exact) mass is 464 g/mol. The van der Waals surface area contributed by atoms with E-state index in [4.69, 9.17) is 14.6 Å². The Morgan fingerprint density at radius 3 is 2.62 bits per heavy atom. The zero-order valence-corrected chi connectivity index (χ0v) is 17.0. The maximum Gasteiger partial charge on any atom is 0.490 e. The molecular formula is C20H15F3N4O4S. The molecule has 0 saturated carbocycles. The van der Waals surface area contributed by atoms with Crippen LogP contribution >= 0.6 is 11.3 Å². The highest BCUT2D eigenvalue weighted by molar-refractivity contribution is 7.17. The highest BCUT2D eigenvalue weighted by atomic mass is 32.1. The van der Waals surface area contributed by atoms with Crippen LogP contribution in [-0.2, 0) is 4.79 Å². The van der Waals surface area contributed by atoms with E-state index >= 15 is 0 Å². The second-order valence-corrected chi connectivity index (χ2v) is 7.77. The summed E-state index contributed by atoms with van der Waals surface area (Å²) < 4.78 is 38.7. The number of carbonyl (C=O) groups is 1. The number of alkyl halides is 3. The Labute approximate surface area is 181 Å². The molecule has 5 rings (SSSR count). The first-order chi connectivity index (χ1) is 15.2. The first-order valence-electron chi connectivity index (χ1n) is 9.26. The molecule has 1 saturated heterocycles. The molecule has 0 bridgehead atoms. The third-order valence-electron chi connectivity index (χ3n) is 4.55. The molecule has 4 aromatic rings. The maximum atomic E-state index is 12.5. The summed E-state index contributed by atoms with van der Waals surface area (Å²) in [5, 5.41) is 13.9. The molecule has 32 heavy (non-hydrogen) atoms. The van der Waals surface area contributed by atoms with Crippen LogP contribution in [0.3, 0.4) is 0 Å². The van der Waals surface area contributed by atoms with E-state index < -0.39 is 12.1 Å². The number of aromatic nitrogens is 3. The summed E-state index contributed by atoms with van der Waals surface area (Å²) in [7, 11) is 0. The molecule has 0 spiro atoms. The summed E-state index contributed by atoms with van der Waals surface area (Å²) in [5.41, 5.74) is 1.10. The fraction of sp³-hybridized carbons (Fsp3) is 0.200. The van der Waals surface area contributed by atoms with Crippen LogP contribution in [0.1, 0.15) is 0 Å². The van der Waals surface area contributed by atoms with E-state index in [1.54, 1.807) is 17.4 Å². The Bertz CT molecular complexity index is 1350. The van der Waals surface area contributed by atoms with Crippen LogP contribution in [0.25, 0.3) is 32.5 Å². The molecule has 1 aliphatic rings. The molecule has 3 N–H and O–H groups in total. The number of H-pyrrole nitrogens is 1. The summed E-state index contributed by atoms with van der Waals surface area (Å²) in [6.07, 6.45) is -3.10. The highest BCUT2D eigenvalue weighted by Crippen LogP contribution is 2.25. The second-order valence-electron chi connectivity index (χ2n) is 6.82. The number of aliphatic carboxylic acids is 1. The molecule has 1 aliphatic heterocycles. The minimum absolute atomic E-state index is 0.172. The van der Waals surface area contributed by atoms with E-state index in [2.05, 4.69) is 20.3 Å². The number of benzene rings is 1. The summed E-state index contributed by atoms with van der Waals surface area (Å²) in [6.45, 7) is 1.67. The number of pyridine rings is 1. The predicted octanol–water partition coefficient (Wildman–Crippen LogP) is 3.18. The quantitative estimate of drug-likeness (QED) is 0.426. The van der Waals surface area contributed by atoms with Crippen LogP contribution in [0.4, 0.5) is 13.2 Å². The number of nitrogens with one attached hydrogen (secondary N) is 2. The Morgan fingerprint density at radius 1 is 1.22 bits per heavy atom. The van der Waals surface area contributed by atoms with Crippen molar-refractivity contribution in [3.63, 3.8) is 0 Å². The molecule has 0 aliphatic carbocycles. The lowest BCUT2D eigenvalue weighted by molar-refractivity contribution is -0.192. The average molecular weight is 464 g/mol. The maximum absolute atomic E-state index is 12.5. The number of thiophene rings is 1. The summed E-state index contributed by atoms with van der Waals surface area (Å²) in [6, 6.07) is 9.39. The van der Waals surface area contributed by atoms with Gasteiger partial charge in [-0.3, -0.25) is 9.78 Å². The predicted molar refractivity (Wildman–Crippen MR) is 112 cm³/mol. The number of aromatic amines is 1. The molecule has 0 radical (unpaired) electrons. The van der Waals surface area contributed by atoms with Crippen molar-refractivity contribution in [1.82, 2.24) is 20.3 Å². The smallest absolute Gasteiger partial charge is 0.488 e. The normalized spacial score (nSPS) is 14.0. The molecule has 166 valence electrons. The number of ether oxygens (including phenoxy) is 1. The van der Waals surface area contributed by atoms with Gasteiger partial charge >= 0.3 is 12.1 Å². The van der Waals surface area contributed by atoms with Crippen molar-refractivity contribution < 1.29 is 27.8 Å². The fourth-order valence-electron chi connectivity index (χ4n) is 2.85.